The van der Waals surface area contributed by atoms with Crippen LogP contribution < -0.4 is 18.9 Å². The molecule has 226 valence electrons. The molecule has 5 nitrogen and oxygen atoms in total. The van der Waals surface area contributed by atoms with E-state index < -0.39 is 0 Å². The maximum absolute atomic E-state index is 6.99. The van der Waals surface area contributed by atoms with Crippen LogP contribution in [0.2, 0.25) is 0 Å². The van der Waals surface area contributed by atoms with E-state index >= 15 is 0 Å². The van der Waals surface area contributed by atoms with E-state index in [2.05, 4.69) is 103 Å². The lowest BCUT2D eigenvalue weighted by Gasteiger charge is -2.38. The van der Waals surface area contributed by atoms with Gasteiger partial charge in [0, 0.05) is 17.6 Å². The lowest BCUT2D eigenvalue weighted by molar-refractivity contribution is 0.0530. The van der Waals surface area contributed by atoms with Crippen LogP contribution in [-0.4, -0.2) is 26.2 Å². The fourth-order valence-electron chi connectivity index (χ4n) is 5.42. The Hall–Kier alpha value is -3.78. The molecule has 0 aromatic heterocycles. The number of halogens is 2. The van der Waals surface area contributed by atoms with Crippen LogP contribution in [0.4, 0.5) is 0 Å². The fraction of sp³-hybridized carbons (Fsp3) is 0.189. The van der Waals surface area contributed by atoms with E-state index in [-0.39, 0.29) is 12.1 Å². The lowest BCUT2D eigenvalue weighted by Crippen LogP contribution is -2.34. The highest BCUT2D eigenvalue weighted by Crippen LogP contribution is 2.43. The molecule has 0 aliphatic heterocycles. The Bertz CT molecular complexity index is 1620. The SMILES string of the molecule is COc1cc(CN(Cc2ccccc2Br)[C@@H](c2ccccc2)C(Oc2ccccc2Br)c2ccccc2)cc(OC)c1OC. The van der Waals surface area contributed by atoms with E-state index in [0.717, 1.165) is 36.9 Å². The first kappa shape index (κ1) is 31.6. The topological polar surface area (TPSA) is 40.2 Å². The third kappa shape index (κ3) is 7.46. The highest BCUT2D eigenvalue weighted by molar-refractivity contribution is 9.10. The average molecular weight is 717 g/mol. The first-order valence-electron chi connectivity index (χ1n) is 14.3. The van der Waals surface area contributed by atoms with Gasteiger partial charge < -0.3 is 18.9 Å². The molecule has 0 saturated carbocycles. The Morgan fingerprint density at radius 2 is 1.11 bits per heavy atom. The summed E-state index contributed by atoms with van der Waals surface area (Å²) in [5.41, 5.74) is 4.38. The van der Waals surface area contributed by atoms with Crippen LogP contribution in [-0.2, 0) is 13.1 Å². The van der Waals surface area contributed by atoms with E-state index in [1.54, 1.807) is 21.3 Å². The van der Waals surface area contributed by atoms with Crippen molar-refractivity contribution in [1.29, 1.82) is 0 Å². The van der Waals surface area contributed by atoms with Crippen molar-refractivity contribution in [3.8, 4) is 23.0 Å². The zero-order valence-corrected chi connectivity index (χ0v) is 28.1. The van der Waals surface area contributed by atoms with Gasteiger partial charge in [-0.2, -0.15) is 0 Å². The minimum Gasteiger partial charge on any atom is -0.493 e. The molecule has 0 saturated heterocycles. The quantitative estimate of drug-likeness (QED) is 0.121. The van der Waals surface area contributed by atoms with Crippen LogP contribution in [0, 0.1) is 0 Å². The maximum atomic E-state index is 6.99. The van der Waals surface area contributed by atoms with Gasteiger partial charge in [0.2, 0.25) is 5.75 Å². The monoisotopic (exact) mass is 715 g/mol. The van der Waals surface area contributed by atoms with Crippen molar-refractivity contribution in [2.24, 2.45) is 0 Å². The van der Waals surface area contributed by atoms with Gasteiger partial charge in [-0.3, -0.25) is 4.90 Å². The second-order valence-corrected chi connectivity index (χ2v) is 12.0. The molecule has 0 N–H and O–H groups in total. The standard InChI is InChI=1S/C37H35Br2NO4/c1-41-33-22-26(23-34(42-2)37(33)43-3)24-40(25-29-18-10-11-19-30(29)38)35(27-14-6-4-7-15-27)36(28-16-8-5-9-17-28)44-32-21-13-12-20-31(32)39/h4-23,35-36H,24-25H2,1-3H3/t35-,36?/m0/s1. The fourth-order valence-corrected chi connectivity index (χ4v) is 6.21. The Labute approximate surface area is 276 Å². The number of para-hydroxylation sites is 1. The van der Waals surface area contributed by atoms with Gasteiger partial charge in [0.1, 0.15) is 11.9 Å². The molecule has 5 rings (SSSR count). The largest absolute Gasteiger partial charge is 0.493 e. The number of hydrogen-bond donors (Lipinski definition) is 0. The maximum Gasteiger partial charge on any atom is 0.203 e. The molecule has 0 heterocycles. The average Bonchev–Trinajstić information content (AvgIpc) is 3.06. The first-order valence-corrected chi connectivity index (χ1v) is 15.9. The van der Waals surface area contributed by atoms with Gasteiger partial charge >= 0.3 is 0 Å². The second-order valence-electron chi connectivity index (χ2n) is 10.3. The summed E-state index contributed by atoms with van der Waals surface area (Å²) in [6.07, 6.45) is -0.359. The minimum atomic E-state index is -0.359. The third-order valence-corrected chi connectivity index (χ3v) is 8.91. The second kappa shape index (κ2) is 15.3. The van der Waals surface area contributed by atoms with Crippen molar-refractivity contribution in [1.82, 2.24) is 4.90 Å². The van der Waals surface area contributed by atoms with Crippen molar-refractivity contribution in [3.63, 3.8) is 0 Å². The summed E-state index contributed by atoms with van der Waals surface area (Å²) in [6.45, 7) is 1.21. The Balaban J connectivity index is 1.70. The molecule has 0 bridgehead atoms. The van der Waals surface area contributed by atoms with Crippen molar-refractivity contribution in [2.75, 3.05) is 21.3 Å². The Morgan fingerprint density at radius 1 is 0.568 bits per heavy atom. The van der Waals surface area contributed by atoms with E-state index in [4.69, 9.17) is 18.9 Å². The predicted octanol–water partition coefficient (Wildman–Crippen LogP) is 9.80. The number of ether oxygens (including phenoxy) is 4. The summed E-state index contributed by atoms with van der Waals surface area (Å²) in [4.78, 5) is 2.45. The molecular weight excluding hydrogens is 682 g/mol. The van der Waals surface area contributed by atoms with E-state index in [1.807, 2.05) is 54.6 Å². The van der Waals surface area contributed by atoms with Crippen LogP contribution in [0.5, 0.6) is 23.0 Å². The van der Waals surface area contributed by atoms with E-state index in [1.165, 1.54) is 0 Å². The van der Waals surface area contributed by atoms with E-state index in [9.17, 15) is 0 Å². The zero-order valence-electron chi connectivity index (χ0n) is 25.0. The van der Waals surface area contributed by atoms with Crippen LogP contribution in [0.3, 0.4) is 0 Å². The van der Waals surface area contributed by atoms with Gasteiger partial charge in [-0.1, -0.05) is 107 Å². The molecule has 0 amide bonds. The molecule has 44 heavy (non-hydrogen) atoms. The summed E-state index contributed by atoms with van der Waals surface area (Å²) in [5, 5.41) is 0. The third-order valence-electron chi connectivity index (χ3n) is 7.48. The number of hydrogen-bond acceptors (Lipinski definition) is 5. The summed E-state index contributed by atoms with van der Waals surface area (Å²) >= 11 is 7.52. The molecule has 0 spiro atoms. The number of nitrogens with zero attached hydrogens (tertiary/aromatic N) is 1. The molecule has 5 aromatic carbocycles. The van der Waals surface area contributed by atoms with Gasteiger partial charge in [-0.05, 0) is 68.5 Å². The zero-order chi connectivity index (χ0) is 30.9. The summed E-state index contributed by atoms with van der Waals surface area (Å²) in [6, 6.07) is 41.1. The van der Waals surface area contributed by atoms with Crippen LogP contribution in [0.1, 0.15) is 34.4 Å². The van der Waals surface area contributed by atoms with Crippen molar-refractivity contribution in [2.45, 2.75) is 25.2 Å². The van der Waals surface area contributed by atoms with Crippen molar-refractivity contribution < 1.29 is 18.9 Å². The predicted molar refractivity (Wildman–Crippen MR) is 183 cm³/mol. The van der Waals surface area contributed by atoms with Crippen molar-refractivity contribution in [3.05, 3.63) is 153 Å². The molecule has 0 aliphatic carbocycles. The molecule has 2 atom stereocenters. The number of rotatable bonds is 13. The Morgan fingerprint density at radius 3 is 1.68 bits per heavy atom. The molecule has 7 heteroatoms. The van der Waals surface area contributed by atoms with Gasteiger partial charge in [0.25, 0.3) is 0 Å². The summed E-state index contributed by atoms with van der Waals surface area (Å²) < 4.78 is 26.0. The number of methoxy groups -OCH3 is 3. The van der Waals surface area contributed by atoms with Gasteiger partial charge in [0.15, 0.2) is 11.5 Å². The van der Waals surface area contributed by atoms with Crippen LogP contribution in [0.25, 0.3) is 0 Å². The molecule has 0 radical (unpaired) electrons. The molecular formula is C37H35Br2NO4. The number of benzene rings is 5. The van der Waals surface area contributed by atoms with Gasteiger partial charge in [-0.15, -0.1) is 0 Å². The van der Waals surface area contributed by atoms with Gasteiger partial charge in [0.05, 0.1) is 31.8 Å². The smallest absolute Gasteiger partial charge is 0.203 e. The summed E-state index contributed by atoms with van der Waals surface area (Å²) in [7, 11) is 4.90. The molecule has 0 fully saturated rings. The molecule has 0 aliphatic rings. The van der Waals surface area contributed by atoms with Crippen LogP contribution >= 0.6 is 31.9 Å². The van der Waals surface area contributed by atoms with E-state index in [0.29, 0.717) is 30.3 Å². The highest BCUT2D eigenvalue weighted by atomic mass is 79.9. The first-order chi connectivity index (χ1) is 21.5. The normalized spacial score (nSPS) is 12.4. The summed E-state index contributed by atoms with van der Waals surface area (Å²) in [5.74, 6) is 2.57. The minimum absolute atomic E-state index is 0.197. The molecule has 1 unspecified atom stereocenters. The van der Waals surface area contributed by atoms with Crippen LogP contribution in [0.15, 0.2) is 130 Å². The van der Waals surface area contributed by atoms with Gasteiger partial charge in [-0.25, -0.2) is 0 Å². The highest BCUT2D eigenvalue weighted by Gasteiger charge is 2.33. The Kier molecular flexibility index (Phi) is 11.0. The molecule has 5 aromatic rings. The van der Waals surface area contributed by atoms with Crippen molar-refractivity contribution >= 4 is 31.9 Å². The lowest BCUT2D eigenvalue weighted by atomic mass is 9.93.